The van der Waals surface area contributed by atoms with E-state index in [2.05, 4.69) is 10.6 Å². The van der Waals surface area contributed by atoms with Crippen LogP contribution in [0.3, 0.4) is 0 Å². The Morgan fingerprint density at radius 1 is 1.13 bits per heavy atom. The van der Waals surface area contributed by atoms with Gasteiger partial charge in [-0.2, -0.15) is 0 Å². The van der Waals surface area contributed by atoms with Crippen LogP contribution in [-0.2, 0) is 11.4 Å². The van der Waals surface area contributed by atoms with E-state index in [9.17, 15) is 9.90 Å². The zero-order valence-electron chi connectivity index (χ0n) is 16.6. The van der Waals surface area contributed by atoms with Gasteiger partial charge in [-0.3, -0.25) is 10.1 Å². The first-order valence-corrected chi connectivity index (χ1v) is 9.57. The third-order valence-corrected chi connectivity index (χ3v) is 4.39. The summed E-state index contributed by atoms with van der Waals surface area (Å²) in [5.41, 5.74) is 2.43. The molecular weight excluding hydrogens is 404 g/mol. The second-order valence-electron chi connectivity index (χ2n) is 6.44. The molecule has 8 heteroatoms. The highest BCUT2D eigenvalue weighted by molar-refractivity contribution is 7.80. The van der Waals surface area contributed by atoms with Gasteiger partial charge in [-0.15, -0.1) is 0 Å². The maximum absolute atomic E-state index is 12.1. The van der Waals surface area contributed by atoms with Gasteiger partial charge in [0.1, 0.15) is 29.6 Å². The Morgan fingerprint density at radius 2 is 1.90 bits per heavy atom. The predicted octanol–water partition coefficient (Wildman–Crippen LogP) is 3.65. The molecule has 1 heterocycles. The van der Waals surface area contributed by atoms with Crippen LogP contribution in [0.25, 0.3) is 11.3 Å². The number of furan rings is 1. The summed E-state index contributed by atoms with van der Waals surface area (Å²) in [5.74, 6) is 1.82. The number of aliphatic hydroxyl groups excluding tert-OH is 1. The lowest BCUT2D eigenvalue weighted by Gasteiger charge is -2.13. The number of methoxy groups -OCH3 is 1. The van der Waals surface area contributed by atoms with E-state index in [1.807, 2.05) is 19.1 Å². The fourth-order valence-corrected chi connectivity index (χ4v) is 2.93. The molecule has 0 aliphatic rings. The predicted molar refractivity (Wildman–Crippen MR) is 118 cm³/mol. The van der Waals surface area contributed by atoms with Crippen molar-refractivity contribution in [2.45, 2.75) is 13.5 Å². The zero-order chi connectivity index (χ0) is 21.5. The van der Waals surface area contributed by atoms with Crippen LogP contribution in [0.1, 0.15) is 11.3 Å². The van der Waals surface area contributed by atoms with E-state index in [-0.39, 0.29) is 24.2 Å². The first-order valence-electron chi connectivity index (χ1n) is 9.17. The Kier molecular flexibility index (Phi) is 7.05. The second-order valence-corrected chi connectivity index (χ2v) is 6.85. The van der Waals surface area contributed by atoms with Gasteiger partial charge >= 0.3 is 0 Å². The Bertz CT molecular complexity index is 1030. The van der Waals surface area contributed by atoms with Crippen LogP contribution in [0.4, 0.5) is 5.69 Å². The minimum Gasteiger partial charge on any atom is -0.496 e. The van der Waals surface area contributed by atoms with Gasteiger partial charge in [-0.05, 0) is 61.6 Å². The lowest BCUT2D eigenvalue weighted by Crippen LogP contribution is -2.37. The summed E-state index contributed by atoms with van der Waals surface area (Å²) >= 11 is 5.22. The van der Waals surface area contributed by atoms with Crippen LogP contribution in [0.5, 0.6) is 11.5 Å². The van der Waals surface area contributed by atoms with Gasteiger partial charge in [0.15, 0.2) is 11.7 Å². The average molecular weight is 426 g/mol. The summed E-state index contributed by atoms with van der Waals surface area (Å²) in [4.78, 5) is 12.1. The summed E-state index contributed by atoms with van der Waals surface area (Å²) in [6.45, 7) is 1.62. The molecule has 30 heavy (non-hydrogen) atoms. The molecule has 1 amide bonds. The third kappa shape index (κ3) is 5.59. The number of hydrogen-bond acceptors (Lipinski definition) is 6. The summed E-state index contributed by atoms with van der Waals surface area (Å²) in [6.07, 6.45) is 0. The van der Waals surface area contributed by atoms with Crippen LogP contribution in [0.2, 0.25) is 0 Å². The Morgan fingerprint density at radius 3 is 2.57 bits per heavy atom. The molecule has 156 valence electrons. The maximum Gasteiger partial charge on any atom is 0.264 e. The Balaban J connectivity index is 1.61. The molecule has 0 saturated carbocycles. The molecule has 0 spiro atoms. The maximum atomic E-state index is 12.1. The van der Waals surface area contributed by atoms with Crippen molar-refractivity contribution >= 4 is 28.9 Å². The molecule has 0 radical (unpaired) electrons. The van der Waals surface area contributed by atoms with Crippen molar-refractivity contribution in [1.29, 1.82) is 0 Å². The van der Waals surface area contributed by atoms with E-state index < -0.39 is 0 Å². The van der Waals surface area contributed by atoms with Crippen molar-refractivity contribution in [3.05, 3.63) is 65.9 Å². The zero-order valence-corrected chi connectivity index (χ0v) is 17.4. The highest BCUT2D eigenvalue weighted by atomic mass is 32.1. The molecule has 0 aliphatic carbocycles. The third-order valence-electron chi connectivity index (χ3n) is 4.18. The number of rotatable bonds is 7. The average Bonchev–Trinajstić information content (AvgIpc) is 3.22. The van der Waals surface area contributed by atoms with Gasteiger partial charge < -0.3 is 24.3 Å². The van der Waals surface area contributed by atoms with E-state index in [1.54, 1.807) is 49.6 Å². The van der Waals surface area contributed by atoms with E-state index in [0.717, 1.165) is 5.56 Å². The van der Waals surface area contributed by atoms with Gasteiger partial charge in [0, 0.05) is 5.69 Å². The fourth-order valence-electron chi connectivity index (χ4n) is 2.69. The van der Waals surface area contributed by atoms with E-state index in [1.165, 1.54) is 0 Å². The van der Waals surface area contributed by atoms with Crippen LogP contribution in [0.15, 0.2) is 59.0 Å². The monoisotopic (exact) mass is 426 g/mol. The van der Waals surface area contributed by atoms with Crippen molar-refractivity contribution in [2.75, 3.05) is 19.0 Å². The highest BCUT2D eigenvalue weighted by Gasteiger charge is 2.13. The van der Waals surface area contributed by atoms with Crippen molar-refractivity contribution in [2.24, 2.45) is 0 Å². The fraction of sp³-hybridized carbons (Fsp3) is 0.182. The Hall–Kier alpha value is -3.36. The number of aryl methyl sites for hydroxylation is 1. The van der Waals surface area contributed by atoms with Gasteiger partial charge in [0.05, 0.1) is 12.7 Å². The van der Waals surface area contributed by atoms with Gasteiger partial charge in [0.25, 0.3) is 5.91 Å². The summed E-state index contributed by atoms with van der Waals surface area (Å²) in [6, 6.07) is 16.1. The van der Waals surface area contributed by atoms with Gasteiger partial charge in [-0.1, -0.05) is 17.7 Å². The molecule has 0 aliphatic heterocycles. The standard InChI is InChI=1S/C22H22N2O5S/c1-14-3-6-16(7-4-14)28-13-21(26)24-22(30)23-15-5-9-19(27-2)18(11-15)20-10-8-17(12-25)29-20/h3-11,25H,12-13H2,1-2H3,(H2,23,24,26,30). The van der Waals surface area contributed by atoms with Crippen molar-refractivity contribution < 1.29 is 23.8 Å². The van der Waals surface area contributed by atoms with E-state index >= 15 is 0 Å². The van der Waals surface area contributed by atoms with Crippen LogP contribution in [-0.4, -0.2) is 29.8 Å². The molecule has 3 N–H and O–H groups in total. The first kappa shape index (κ1) is 21.4. The van der Waals surface area contributed by atoms with Crippen molar-refractivity contribution in [1.82, 2.24) is 5.32 Å². The number of carbonyl (C=O) groups excluding carboxylic acids is 1. The minimum absolute atomic E-state index is 0.138. The van der Waals surface area contributed by atoms with Gasteiger partial charge in [-0.25, -0.2) is 0 Å². The van der Waals surface area contributed by atoms with Crippen molar-refractivity contribution in [3.8, 4) is 22.8 Å². The van der Waals surface area contributed by atoms with Crippen LogP contribution in [0, 0.1) is 6.92 Å². The lowest BCUT2D eigenvalue weighted by atomic mass is 10.1. The minimum atomic E-state index is -0.375. The SMILES string of the molecule is COc1ccc(NC(=S)NC(=O)COc2ccc(C)cc2)cc1-c1ccc(CO)o1. The number of amides is 1. The number of hydrogen-bond donors (Lipinski definition) is 3. The largest absolute Gasteiger partial charge is 0.496 e. The van der Waals surface area contributed by atoms with Crippen LogP contribution < -0.4 is 20.1 Å². The van der Waals surface area contributed by atoms with Crippen LogP contribution >= 0.6 is 12.2 Å². The quantitative estimate of drug-likeness (QED) is 0.497. The number of carbonyl (C=O) groups is 1. The molecule has 2 aromatic carbocycles. The summed E-state index contributed by atoms with van der Waals surface area (Å²) in [7, 11) is 1.56. The lowest BCUT2D eigenvalue weighted by molar-refractivity contribution is -0.121. The number of benzene rings is 2. The highest BCUT2D eigenvalue weighted by Crippen LogP contribution is 2.33. The Labute approximate surface area is 179 Å². The van der Waals surface area contributed by atoms with E-state index in [4.69, 9.17) is 26.1 Å². The van der Waals surface area contributed by atoms with Crippen molar-refractivity contribution in [3.63, 3.8) is 0 Å². The smallest absolute Gasteiger partial charge is 0.264 e. The summed E-state index contributed by atoms with van der Waals surface area (Å²) < 4.78 is 16.4. The normalized spacial score (nSPS) is 10.4. The molecule has 1 aromatic heterocycles. The number of ether oxygens (including phenoxy) is 2. The molecule has 0 saturated heterocycles. The molecule has 0 fully saturated rings. The molecular formula is C22H22N2O5S. The van der Waals surface area contributed by atoms with Gasteiger partial charge in [0.2, 0.25) is 0 Å². The topological polar surface area (TPSA) is 93.0 Å². The second kappa shape index (κ2) is 9.91. The molecule has 0 atom stereocenters. The molecule has 3 rings (SSSR count). The number of anilines is 1. The number of thiocarbonyl (C=S) groups is 1. The van der Waals surface area contributed by atoms with E-state index in [0.29, 0.717) is 34.3 Å². The molecule has 3 aromatic rings. The molecule has 0 bridgehead atoms. The number of aliphatic hydroxyl groups is 1. The number of nitrogens with one attached hydrogen (secondary N) is 2. The molecule has 7 nitrogen and oxygen atoms in total. The first-order chi connectivity index (χ1) is 14.5. The summed E-state index contributed by atoms with van der Waals surface area (Å²) in [5, 5.41) is 14.9. The molecule has 0 unspecified atom stereocenters.